The molecule has 0 spiro atoms. The molecule has 0 amide bonds. The van der Waals surface area contributed by atoms with Gasteiger partial charge in [-0.1, -0.05) is 6.92 Å². The second-order valence-corrected chi connectivity index (χ2v) is 4.66. The van der Waals surface area contributed by atoms with Gasteiger partial charge in [0.05, 0.1) is 23.8 Å². The van der Waals surface area contributed by atoms with E-state index in [2.05, 4.69) is 54.4 Å². The van der Waals surface area contributed by atoms with Crippen LogP contribution >= 0.6 is 0 Å². The zero-order chi connectivity index (χ0) is 13.4. The van der Waals surface area contributed by atoms with Crippen molar-refractivity contribution < 1.29 is 0 Å². The maximum atomic E-state index is 4.21. The first-order chi connectivity index (χ1) is 8.67. The maximum absolute atomic E-state index is 4.21. The lowest BCUT2D eigenvalue weighted by Gasteiger charge is -2.23. The van der Waals surface area contributed by atoms with Gasteiger partial charge in [-0.3, -0.25) is 4.98 Å². The van der Waals surface area contributed by atoms with Gasteiger partial charge in [-0.05, 0) is 33.4 Å². The third kappa shape index (κ3) is 4.92. The van der Waals surface area contributed by atoms with Gasteiger partial charge in [0.1, 0.15) is 0 Å². The Balaban J connectivity index is 2.37. The molecular weight excluding hydrogens is 224 g/mol. The quantitative estimate of drug-likeness (QED) is 0.744. The zero-order valence-corrected chi connectivity index (χ0v) is 12.0. The van der Waals surface area contributed by atoms with Gasteiger partial charge < -0.3 is 15.5 Å². The lowest BCUT2D eigenvalue weighted by atomic mass is 10.2. The Kier molecular flexibility index (Phi) is 6.50. The highest BCUT2D eigenvalue weighted by Crippen LogP contribution is 2.12. The molecule has 102 valence electrons. The van der Waals surface area contributed by atoms with Crippen LogP contribution in [0.25, 0.3) is 0 Å². The van der Waals surface area contributed by atoms with E-state index in [0.29, 0.717) is 6.04 Å². The minimum Gasteiger partial charge on any atom is -0.384 e. The zero-order valence-electron chi connectivity index (χ0n) is 12.0. The number of hydrogen-bond donors (Lipinski definition) is 2. The summed E-state index contributed by atoms with van der Waals surface area (Å²) in [5, 5.41) is 6.67. The van der Waals surface area contributed by atoms with Crippen molar-refractivity contribution in [1.29, 1.82) is 0 Å². The normalized spacial score (nSPS) is 12.5. The number of likely N-dealkylation sites (N-methyl/N-ethyl adjacent to an activating group) is 1. The second-order valence-electron chi connectivity index (χ2n) is 4.66. The predicted molar refractivity (Wildman–Crippen MR) is 79.3 cm³/mol. The van der Waals surface area contributed by atoms with Crippen LogP contribution in [0.3, 0.4) is 0 Å². The molecule has 1 unspecified atom stereocenters. The SMILES string of the molecule is CCNc1cncc(NCCN(C)C(C)CC)c1. The Morgan fingerprint density at radius 2 is 1.89 bits per heavy atom. The molecule has 1 aromatic heterocycles. The minimum atomic E-state index is 0.637. The van der Waals surface area contributed by atoms with Crippen molar-refractivity contribution in [2.45, 2.75) is 33.2 Å². The van der Waals surface area contributed by atoms with E-state index in [1.807, 2.05) is 12.4 Å². The van der Waals surface area contributed by atoms with E-state index >= 15 is 0 Å². The molecule has 0 saturated carbocycles. The number of nitrogens with zero attached hydrogens (tertiary/aromatic N) is 2. The lowest BCUT2D eigenvalue weighted by Crippen LogP contribution is -2.32. The highest BCUT2D eigenvalue weighted by molar-refractivity contribution is 5.53. The molecule has 0 fully saturated rings. The number of nitrogens with one attached hydrogen (secondary N) is 2. The molecule has 0 bridgehead atoms. The number of anilines is 2. The number of aromatic nitrogens is 1. The Hall–Kier alpha value is -1.29. The molecule has 0 aromatic carbocycles. The fourth-order valence-corrected chi connectivity index (χ4v) is 1.75. The van der Waals surface area contributed by atoms with Crippen LogP contribution in [0, 0.1) is 0 Å². The van der Waals surface area contributed by atoms with Crippen molar-refractivity contribution in [3.63, 3.8) is 0 Å². The summed E-state index contributed by atoms with van der Waals surface area (Å²) in [6, 6.07) is 2.73. The first kappa shape index (κ1) is 14.8. The smallest absolute Gasteiger partial charge is 0.0547 e. The average molecular weight is 250 g/mol. The predicted octanol–water partition coefficient (Wildman–Crippen LogP) is 2.66. The molecule has 1 rings (SSSR count). The van der Waals surface area contributed by atoms with Crippen LogP contribution in [0.2, 0.25) is 0 Å². The van der Waals surface area contributed by atoms with Crippen LogP contribution in [-0.4, -0.2) is 42.6 Å². The molecule has 0 aliphatic carbocycles. The molecule has 4 nitrogen and oxygen atoms in total. The topological polar surface area (TPSA) is 40.2 Å². The Bertz CT molecular complexity index is 340. The van der Waals surface area contributed by atoms with Crippen molar-refractivity contribution in [2.24, 2.45) is 0 Å². The summed E-state index contributed by atoms with van der Waals surface area (Å²) in [5.74, 6) is 0. The van der Waals surface area contributed by atoms with Crippen molar-refractivity contribution in [2.75, 3.05) is 37.3 Å². The third-order valence-corrected chi connectivity index (χ3v) is 3.26. The highest BCUT2D eigenvalue weighted by atomic mass is 15.1. The van der Waals surface area contributed by atoms with Crippen molar-refractivity contribution in [1.82, 2.24) is 9.88 Å². The summed E-state index contributed by atoms with van der Waals surface area (Å²) in [4.78, 5) is 6.58. The van der Waals surface area contributed by atoms with E-state index in [9.17, 15) is 0 Å². The van der Waals surface area contributed by atoms with Gasteiger partial charge in [0.25, 0.3) is 0 Å². The molecule has 1 atom stereocenters. The average Bonchev–Trinajstić information content (AvgIpc) is 2.38. The standard InChI is InChI=1S/C14H26N4/c1-5-12(3)18(4)8-7-17-14-9-13(16-6-2)10-15-11-14/h9-12,16-17H,5-8H2,1-4H3. The first-order valence-corrected chi connectivity index (χ1v) is 6.80. The molecule has 0 aliphatic heterocycles. The van der Waals surface area contributed by atoms with Gasteiger partial charge >= 0.3 is 0 Å². The summed E-state index contributed by atoms with van der Waals surface area (Å²) in [6.07, 6.45) is 4.90. The lowest BCUT2D eigenvalue weighted by molar-refractivity contribution is 0.261. The van der Waals surface area contributed by atoms with Gasteiger partial charge in [0.15, 0.2) is 0 Å². The summed E-state index contributed by atoms with van der Waals surface area (Å²) in [5.41, 5.74) is 2.14. The van der Waals surface area contributed by atoms with Gasteiger partial charge in [-0.25, -0.2) is 0 Å². The molecule has 1 aromatic rings. The fraction of sp³-hybridized carbons (Fsp3) is 0.643. The molecule has 0 aliphatic rings. The van der Waals surface area contributed by atoms with Crippen molar-refractivity contribution in [3.8, 4) is 0 Å². The van der Waals surface area contributed by atoms with Crippen LogP contribution < -0.4 is 10.6 Å². The molecule has 4 heteroatoms. The van der Waals surface area contributed by atoms with Gasteiger partial charge in [-0.2, -0.15) is 0 Å². The van der Waals surface area contributed by atoms with Crippen molar-refractivity contribution >= 4 is 11.4 Å². The van der Waals surface area contributed by atoms with Crippen LogP contribution in [-0.2, 0) is 0 Å². The van der Waals surface area contributed by atoms with E-state index in [4.69, 9.17) is 0 Å². The maximum Gasteiger partial charge on any atom is 0.0547 e. The van der Waals surface area contributed by atoms with Crippen LogP contribution in [0.4, 0.5) is 11.4 Å². The van der Waals surface area contributed by atoms with E-state index in [1.54, 1.807) is 0 Å². The van der Waals surface area contributed by atoms with E-state index in [1.165, 1.54) is 6.42 Å². The van der Waals surface area contributed by atoms with Gasteiger partial charge in [-0.15, -0.1) is 0 Å². The molecule has 18 heavy (non-hydrogen) atoms. The Morgan fingerprint density at radius 1 is 1.22 bits per heavy atom. The number of rotatable bonds is 8. The number of pyridine rings is 1. The fourth-order valence-electron chi connectivity index (χ4n) is 1.75. The van der Waals surface area contributed by atoms with E-state index < -0.39 is 0 Å². The third-order valence-electron chi connectivity index (χ3n) is 3.26. The summed E-state index contributed by atoms with van der Waals surface area (Å²) >= 11 is 0. The van der Waals surface area contributed by atoms with E-state index in [0.717, 1.165) is 31.0 Å². The second kappa shape index (κ2) is 7.93. The summed E-state index contributed by atoms with van der Waals surface area (Å²) in [6.45, 7) is 9.47. The van der Waals surface area contributed by atoms with Crippen LogP contribution in [0.15, 0.2) is 18.5 Å². The molecular formula is C14H26N4. The molecule has 0 radical (unpaired) electrons. The summed E-state index contributed by atoms with van der Waals surface area (Å²) in [7, 11) is 2.17. The highest BCUT2D eigenvalue weighted by Gasteiger charge is 2.05. The summed E-state index contributed by atoms with van der Waals surface area (Å²) < 4.78 is 0. The van der Waals surface area contributed by atoms with Crippen LogP contribution in [0.1, 0.15) is 27.2 Å². The minimum absolute atomic E-state index is 0.637. The van der Waals surface area contributed by atoms with Gasteiger partial charge in [0.2, 0.25) is 0 Å². The Morgan fingerprint density at radius 3 is 2.50 bits per heavy atom. The monoisotopic (exact) mass is 250 g/mol. The Labute approximate surface area is 111 Å². The van der Waals surface area contributed by atoms with E-state index in [-0.39, 0.29) is 0 Å². The van der Waals surface area contributed by atoms with Crippen molar-refractivity contribution in [3.05, 3.63) is 18.5 Å². The first-order valence-electron chi connectivity index (χ1n) is 6.80. The molecule has 2 N–H and O–H groups in total. The van der Waals surface area contributed by atoms with Gasteiger partial charge in [0, 0.05) is 25.7 Å². The number of hydrogen-bond acceptors (Lipinski definition) is 4. The van der Waals surface area contributed by atoms with Crippen LogP contribution in [0.5, 0.6) is 0 Å². The largest absolute Gasteiger partial charge is 0.384 e. The molecule has 1 heterocycles. The molecule has 0 saturated heterocycles.